The number of hydrogen-bond donors (Lipinski definition) is 2. The summed E-state index contributed by atoms with van der Waals surface area (Å²) in [4.78, 5) is 16.5. The normalized spacial score (nSPS) is 21.4. The van der Waals surface area contributed by atoms with Crippen molar-refractivity contribution in [1.82, 2.24) is 10.3 Å². The van der Waals surface area contributed by atoms with Crippen molar-refractivity contribution in [3.63, 3.8) is 0 Å². The highest BCUT2D eigenvalue weighted by Gasteiger charge is 2.29. The summed E-state index contributed by atoms with van der Waals surface area (Å²) < 4.78 is 0. The van der Waals surface area contributed by atoms with Gasteiger partial charge >= 0.3 is 0 Å². The third kappa shape index (κ3) is 2.92. The maximum Gasteiger partial charge on any atom is 0.229 e. The second kappa shape index (κ2) is 6.20. The van der Waals surface area contributed by atoms with Crippen molar-refractivity contribution in [3.05, 3.63) is 36.5 Å². The Labute approximate surface area is 124 Å². The average Bonchev–Trinajstić information content (AvgIpc) is 2.85. The number of pyridine rings is 1. The van der Waals surface area contributed by atoms with Crippen LogP contribution in [0.25, 0.3) is 10.9 Å². The van der Waals surface area contributed by atoms with Crippen LogP contribution in [0.4, 0.5) is 5.69 Å². The molecule has 1 aliphatic heterocycles. The molecule has 0 radical (unpaired) electrons. The largest absolute Gasteiger partial charge is 0.324 e. The molecule has 0 unspecified atom stereocenters. The zero-order chi connectivity index (χ0) is 13.2. The van der Waals surface area contributed by atoms with Crippen LogP contribution in [-0.2, 0) is 4.79 Å². The first kappa shape index (κ1) is 14.8. The van der Waals surface area contributed by atoms with Gasteiger partial charge in [0, 0.05) is 11.9 Å². The average molecular weight is 292 g/mol. The van der Waals surface area contributed by atoms with Crippen LogP contribution in [0.3, 0.4) is 0 Å². The van der Waals surface area contributed by atoms with Gasteiger partial charge in [0.15, 0.2) is 0 Å². The van der Waals surface area contributed by atoms with E-state index in [0.29, 0.717) is 5.92 Å². The van der Waals surface area contributed by atoms with E-state index in [1.165, 1.54) is 0 Å². The third-order valence-corrected chi connectivity index (χ3v) is 3.71. The molecule has 0 spiro atoms. The molecule has 1 amide bonds. The summed E-state index contributed by atoms with van der Waals surface area (Å²) in [5.74, 6) is 0.509. The minimum Gasteiger partial charge on any atom is -0.324 e. The molecule has 2 aromatic rings. The monoisotopic (exact) mass is 291 g/mol. The molecular weight excluding hydrogens is 274 g/mol. The van der Waals surface area contributed by atoms with Gasteiger partial charge in [-0.2, -0.15) is 0 Å². The predicted molar refractivity (Wildman–Crippen MR) is 83.1 cm³/mol. The van der Waals surface area contributed by atoms with E-state index in [1.54, 1.807) is 6.20 Å². The first-order valence-electron chi connectivity index (χ1n) is 6.60. The third-order valence-electron chi connectivity index (χ3n) is 3.71. The Morgan fingerprint density at radius 1 is 1.35 bits per heavy atom. The van der Waals surface area contributed by atoms with Crippen LogP contribution < -0.4 is 10.6 Å². The topological polar surface area (TPSA) is 54.0 Å². The van der Waals surface area contributed by atoms with Crippen molar-refractivity contribution < 1.29 is 4.79 Å². The molecule has 0 bridgehead atoms. The second-order valence-electron chi connectivity index (χ2n) is 5.15. The number of carbonyl (C=O) groups is 1. The lowest BCUT2D eigenvalue weighted by atomic mass is 9.97. The van der Waals surface area contributed by atoms with Gasteiger partial charge < -0.3 is 10.6 Å². The molecule has 106 valence electrons. The molecule has 5 heteroatoms. The first-order chi connectivity index (χ1) is 9.24. The molecule has 2 heterocycles. The molecule has 2 atom stereocenters. The summed E-state index contributed by atoms with van der Waals surface area (Å²) in [6.07, 6.45) is 1.72. The summed E-state index contributed by atoms with van der Waals surface area (Å²) >= 11 is 0. The fraction of sp³-hybridized carbons (Fsp3) is 0.333. The fourth-order valence-corrected chi connectivity index (χ4v) is 2.54. The van der Waals surface area contributed by atoms with Gasteiger partial charge in [0.25, 0.3) is 0 Å². The van der Waals surface area contributed by atoms with Crippen molar-refractivity contribution in [3.8, 4) is 0 Å². The number of amides is 1. The molecule has 0 saturated carbocycles. The van der Waals surface area contributed by atoms with Gasteiger partial charge in [0.2, 0.25) is 5.91 Å². The maximum absolute atomic E-state index is 12.2. The molecule has 1 fully saturated rings. The molecule has 1 aromatic heterocycles. The highest BCUT2D eigenvalue weighted by Crippen LogP contribution is 2.20. The fourth-order valence-electron chi connectivity index (χ4n) is 2.54. The number of benzene rings is 1. The molecular formula is C15H18ClN3O. The zero-order valence-electron chi connectivity index (χ0n) is 11.3. The number of anilines is 1. The van der Waals surface area contributed by atoms with E-state index in [9.17, 15) is 4.79 Å². The Morgan fingerprint density at radius 2 is 2.15 bits per heavy atom. The molecule has 1 aromatic carbocycles. The van der Waals surface area contributed by atoms with Gasteiger partial charge in [-0.1, -0.05) is 25.1 Å². The van der Waals surface area contributed by atoms with E-state index >= 15 is 0 Å². The number of halogens is 1. The van der Waals surface area contributed by atoms with Crippen molar-refractivity contribution in [2.75, 3.05) is 18.4 Å². The highest BCUT2D eigenvalue weighted by molar-refractivity contribution is 5.95. The van der Waals surface area contributed by atoms with E-state index in [1.807, 2.05) is 30.3 Å². The Balaban J connectivity index is 0.00000147. The number of rotatable bonds is 2. The summed E-state index contributed by atoms with van der Waals surface area (Å²) in [6, 6.07) is 9.85. The minimum atomic E-state index is 0. The molecule has 2 N–H and O–H groups in total. The van der Waals surface area contributed by atoms with Crippen LogP contribution in [-0.4, -0.2) is 24.0 Å². The van der Waals surface area contributed by atoms with Gasteiger partial charge in [-0.15, -0.1) is 12.4 Å². The van der Waals surface area contributed by atoms with Gasteiger partial charge in [0.05, 0.1) is 23.3 Å². The number of hydrogen-bond acceptors (Lipinski definition) is 3. The van der Waals surface area contributed by atoms with Crippen LogP contribution in [0.1, 0.15) is 6.92 Å². The van der Waals surface area contributed by atoms with Crippen LogP contribution in [0.15, 0.2) is 36.5 Å². The van der Waals surface area contributed by atoms with E-state index < -0.39 is 0 Å². The smallest absolute Gasteiger partial charge is 0.229 e. The number of para-hydroxylation sites is 1. The number of nitrogens with one attached hydrogen (secondary N) is 2. The summed E-state index contributed by atoms with van der Waals surface area (Å²) in [6.45, 7) is 3.77. The van der Waals surface area contributed by atoms with E-state index in [-0.39, 0.29) is 24.2 Å². The van der Waals surface area contributed by atoms with Crippen LogP contribution in [0.2, 0.25) is 0 Å². The molecule has 4 nitrogen and oxygen atoms in total. The summed E-state index contributed by atoms with van der Waals surface area (Å²) in [5.41, 5.74) is 1.71. The molecule has 0 aliphatic carbocycles. The molecule has 3 rings (SSSR count). The van der Waals surface area contributed by atoms with Crippen molar-refractivity contribution in [2.45, 2.75) is 6.92 Å². The Kier molecular flexibility index (Phi) is 4.57. The van der Waals surface area contributed by atoms with Crippen molar-refractivity contribution in [1.29, 1.82) is 0 Å². The number of nitrogens with zero attached hydrogens (tertiary/aromatic N) is 1. The SMILES string of the molecule is C[C@@H]1CNC[C@H]1C(=O)Nc1cnc2ccccc2c1.Cl. The van der Waals surface area contributed by atoms with E-state index in [2.05, 4.69) is 22.5 Å². The van der Waals surface area contributed by atoms with Gasteiger partial charge in [-0.3, -0.25) is 9.78 Å². The van der Waals surface area contributed by atoms with Crippen LogP contribution in [0.5, 0.6) is 0 Å². The van der Waals surface area contributed by atoms with Crippen LogP contribution in [0, 0.1) is 11.8 Å². The van der Waals surface area contributed by atoms with Gasteiger partial charge in [-0.05, 0) is 24.6 Å². The lowest BCUT2D eigenvalue weighted by molar-refractivity contribution is -0.120. The van der Waals surface area contributed by atoms with Gasteiger partial charge in [0.1, 0.15) is 0 Å². The Bertz CT molecular complexity index is 617. The Hall–Kier alpha value is -1.65. The summed E-state index contributed by atoms with van der Waals surface area (Å²) in [5, 5.41) is 7.25. The summed E-state index contributed by atoms with van der Waals surface area (Å²) in [7, 11) is 0. The van der Waals surface area contributed by atoms with Crippen LogP contribution >= 0.6 is 12.4 Å². The van der Waals surface area contributed by atoms with E-state index in [0.717, 1.165) is 29.7 Å². The number of carbonyl (C=O) groups excluding carboxylic acids is 1. The molecule has 1 saturated heterocycles. The van der Waals surface area contributed by atoms with Crippen molar-refractivity contribution >= 4 is 34.9 Å². The number of aromatic nitrogens is 1. The zero-order valence-corrected chi connectivity index (χ0v) is 12.1. The lowest BCUT2D eigenvalue weighted by Gasteiger charge is -2.14. The second-order valence-corrected chi connectivity index (χ2v) is 5.15. The number of fused-ring (bicyclic) bond motifs is 1. The Morgan fingerprint density at radius 3 is 2.90 bits per heavy atom. The minimum absolute atomic E-state index is 0. The quantitative estimate of drug-likeness (QED) is 0.894. The molecule has 20 heavy (non-hydrogen) atoms. The predicted octanol–water partition coefficient (Wildman–Crippen LogP) is 2.45. The van der Waals surface area contributed by atoms with Crippen molar-refractivity contribution in [2.24, 2.45) is 11.8 Å². The maximum atomic E-state index is 12.2. The molecule has 1 aliphatic rings. The lowest BCUT2D eigenvalue weighted by Crippen LogP contribution is -2.27. The van der Waals surface area contributed by atoms with Gasteiger partial charge in [-0.25, -0.2) is 0 Å². The first-order valence-corrected chi connectivity index (χ1v) is 6.60. The standard InChI is InChI=1S/C15H17N3O.ClH/c1-10-7-16-9-13(10)15(19)18-12-6-11-4-2-3-5-14(11)17-8-12;/h2-6,8,10,13,16H,7,9H2,1H3,(H,18,19);1H/t10-,13-;/m1./s1. The van der Waals surface area contributed by atoms with E-state index in [4.69, 9.17) is 0 Å². The highest BCUT2D eigenvalue weighted by atomic mass is 35.5.